The van der Waals surface area contributed by atoms with Crippen LogP contribution in [0.1, 0.15) is 16.1 Å². The van der Waals surface area contributed by atoms with Gasteiger partial charge in [-0.05, 0) is 35.9 Å². The molecule has 0 unspecified atom stereocenters. The van der Waals surface area contributed by atoms with Crippen molar-refractivity contribution in [2.75, 3.05) is 7.11 Å². The average Bonchev–Trinajstić information content (AvgIpc) is 2.95. The van der Waals surface area contributed by atoms with E-state index in [0.717, 1.165) is 11.8 Å². The molecule has 0 aliphatic heterocycles. The molecular weight excluding hydrogens is 290 g/mol. The topological polar surface area (TPSA) is 48.3 Å². The molecule has 0 fully saturated rings. The largest absolute Gasteiger partial charge is 0.466 e. The molecule has 1 aromatic heterocycles. The summed E-state index contributed by atoms with van der Waals surface area (Å²) in [4.78, 5) is 22.8. The highest BCUT2D eigenvalue weighted by Crippen LogP contribution is 2.15. The van der Waals surface area contributed by atoms with Crippen molar-refractivity contribution in [2.45, 2.75) is 6.54 Å². The Labute approximate surface area is 127 Å². The van der Waals surface area contributed by atoms with Crippen molar-refractivity contribution < 1.29 is 14.3 Å². The zero-order valence-electron chi connectivity index (χ0n) is 11.5. The summed E-state index contributed by atoms with van der Waals surface area (Å²) in [5, 5.41) is 0.625. The van der Waals surface area contributed by atoms with Crippen molar-refractivity contribution >= 4 is 29.9 Å². The fraction of sp³-hybridized carbons (Fsp3) is 0.125. The molecule has 0 bridgehead atoms. The van der Waals surface area contributed by atoms with Crippen LogP contribution in [-0.2, 0) is 16.1 Å². The summed E-state index contributed by atoms with van der Waals surface area (Å²) in [6, 6.07) is 10.5. The number of benzene rings is 1. The minimum atomic E-state index is -0.435. The van der Waals surface area contributed by atoms with E-state index in [1.807, 2.05) is 12.1 Å². The SMILES string of the molecule is COC(=O)/C(=C/c1ccc(Cl)cc1)Cn1cccc1C=O. The number of carbonyl (C=O) groups is 2. The molecule has 0 aliphatic rings. The van der Waals surface area contributed by atoms with E-state index in [9.17, 15) is 9.59 Å². The lowest BCUT2D eigenvalue weighted by atomic mass is 10.1. The normalized spacial score (nSPS) is 11.2. The fourth-order valence-electron chi connectivity index (χ4n) is 1.92. The molecule has 1 heterocycles. The molecule has 0 N–H and O–H groups in total. The van der Waals surface area contributed by atoms with Crippen LogP contribution in [0.4, 0.5) is 0 Å². The van der Waals surface area contributed by atoms with Crippen LogP contribution >= 0.6 is 11.6 Å². The van der Waals surface area contributed by atoms with Crippen LogP contribution in [0.2, 0.25) is 5.02 Å². The van der Waals surface area contributed by atoms with Crippen molar-refractivity contribution in [1.29, 1.82) is 0 Å². The van der Waals surface area contributed by atoms with Gasteiger partial charge in [-0.2, -0.15) is 0 Å². The second-order valence-electron chi connectivity index (χ2n) is 4.39. The Hall–Kier alpha value is -2.33. The molecule has 1 aromatic carbocycles. The summed E-state index contributed by atoms with van der Waals surface area (Å²) < 4.78 is 6.48. The lowest BCUT2D eigenvalue weighted by Gasteiger charge is -2.09. The highest BCUT2D eigenvalue weighted by molar-refractivity contribution is 6.30. The molecule has 0 spiro atoms. The molecule has 5 heteroatoms. The van der Waals surface area contributed by atoms with E-state index < -0.39 is 5.97 Å². The molecule has 0 saturated carbocycles. The van der Waals surface area contributed by atoms with Gasteiger partial charge in [-0.1, -0.05) is 23.7 Å². The molecule has 108 valence electrons. The van der Waals surface area contributed by atoms with Gasteiger partial charge in [0.1, 0.15) is 0 Å². The predicted molar refractivity (Wildman–Crippen MR) is 81.3 cm³/mol. The second kappa shape index (κ2) is 6.90. The van der Waals surface area contributed by atoms with Crippen LogP contribution in [0, 0.1) is 0 Å². The highest BCUT2D eigenvalue weighted by atomic mass is 35.5. The monoisotopic (exact) mass is 303 g/mol. The number of methoxy groups -OCH3 is 1. The zero-order valence-corrected chi connectivity index (χ0v) is 12.2. The third-order valence-corrected chi connectivity index (χ3v) is 3.24. The van der Waals surface area contributed by atoms with Gasteiger partial charge in [0.15, 0.2) is 6.29 Å². The molecule has 0 atom stereocenters. The number of carbonyl (C=O) groups excluding carboxylic acids is 2. The Kier molecular flexibility index (Phi) is 4.95. The summed E-state index contributed by atoms with van der Waals surface area (Å²) in [6.07, 6.45) is 4.20. The van der Waals surface area contributed by atoms with Crippen LogP contribution < -0.4 is 0 Å². The number of aromatic nitrogens is 1. The van der Waals surface area contributed by atoms with Crippen LogP contribution in [0.25, 0.3) is 6.08 Å². The standard InChI is InChI=1S/C16H14ClNO3/c1-21-16(20)13(9-12-4-6-14(17)7-5-12)10-18-8-2-3-15(18)11-19/h2-9,11H,10H2,1H3/b13-9+. The average molecular weight is 304 g/mol. The van der Waals surface area contributed by atoms with Gasteiger partial charge in [0.2, 0.25) is 0 Å². The quantitative estimate of drug-likeness (QED) is 0.484. The summed E-state index contributed by atoms with van der Waals surface area (Å²) >= 11 is 5.84. The number of hydrogen-bond acceptors (Lipinski definition) is 3. The first-order valence-electron chi connectivity index (χ1n) is 6.29. The maximum Gasteiger partial charge on any atom is 0.335 e. The molecule has 0 amide bonds. The Morgan fingerprint density at radius 3 is 2.62 bits per heavy atom. The van der Waals surface area contributed by atoms with E-state index in [0.29, 0.717) is 16.3 Å². The van der Waals surface area contributed by atoms with Crippen molar-refractivity contribution in [2.24, 2.45) is 0 Å². The Morgan fingerprint density at radius 2 is 2.00 bits per heavy atom. The van der Waals surface area contributed by atoms with Crippen LogP contribution in [0.5, 0.6) is 0 Å². The van der Waals surface area contributed by atoms with Gasteiger partial charge in [-0.15, -0.1) is 0 Å². The van der Waals surface area contributed by atoms with Gasteiger partial charge >= 0.3 is 5.97 Å². The Morgan fingerprint density at radius 1 is 1.29 bits per heavy atom. The zero-order chi connectivity index (χ0) is 15.2. The van der Waals surface area contributed by atoms with Crippen molar-refractivity contribution in [3.63, 3.8) is 0 Å². The molecule has 2 rings (SSSR count). The minimum absolute atomic E-state index is 0.260. The number of ether oxygens (including phenoxy) is 1. The Balaban J connectivity index is 2.32. The number of hydrogen-bond donors (Lipinski definition) is 0. The Bertz CT molecular complexity index is 671. The maximum atomic E-state index is 11.9. The summed E-state index contributed by atoms with van der Waals surface area (Å²) in [7, 11) is 1.33. The molecule has 21 heavy (non-hydrogen) atoms. The van der Waals surface area contributed by atoms with Crippen LogP contribution in [0.15, 0.2) is 48.2 Å². The first-order chi connectivity index (χ1) is 10.1. The summed E-state index contributed by atoms with van der Waals surface area (Å²) in [5.74, 6) is -0.435. The number of esters is 1. The van der Waals surface area contributed by atoms with Crippen molar-refractivity contribution in [3.05, 3.63) is 64.4 Å². The van der Waals surface area contributed by atoms with Gasteiger partial charge in [-0.25, -0.2) is 4.79 Å². The summed E-state index contributed by atoms with van der Waals surface area (Å²) in [5.41, 5.74) is 1.78. The number of aldehydes is 1. The molecular formula is C16H14ClNO3. The molecule has 0 saturated heterocycles. The van der Waals surface area contributed by atoms with E-state index >= 15 is 0 Å². The van der Waals surface area contributed by atoms with E-state index in [-0.39, 0.29) is 6.54 Å². The lowest BCUT2D eigenvalue weighted by Crippen LogP contribution is -2.12. The minimum Gasteiger partial charge on any atom is -0.466 e. The first kappa shape index (κ1) is 15.1. The molecule has 0 aliphatic carbocycles. The number of rotatable bonds is 5. The molecule has 4 nitrogen and oxygen atoms in total. The lowest BCUT2D eigenvalue weighted by molar-refractivity contribution is -0.136. The highest BCUT2D eigenvalue weighted by Gasteiger charge is 2.12. The molecule has 2 aromatic rings. The first-order valence-corrected chi connectivity index (χ1v) is 6.66. The van der Waals surface area contributed by atoms with Gasteiger partial charge in [0.05, 0.1) is 24.9 Å². The van der Waals surface area contributed by atoms with Crippen LogP contribution in [0.3, 0.4) is 0 Å². The van der Waals surface area contributed by atoms with E-state index in [4.69, 9.17) is 16.3 Å². The van der Waals surface area contributed by atoms with E-state index in [2.05, 4.69) is 0 Å². The van der Waals surface area contributed by atoms with Crippen LogP contribution in [-0.4, -0.2) is 23.9 Å². The van der Waals surface area contributed by atoms with Crippen molar-refractivity contribution in [3.8, 4) is 0 Å². The maximum absolute atomic E-state index is 11.9. The second-order valence-corrected chi connectivity index (χ2v) is 4.83. The summed E-state index contributed by atoms with van der Waals surface area (Å²) in [6.45, 7) is 0.260. The van der Waals surface area contributed by atoms with Gasteiger partial charge in [0.25, 0.3) is 0 Å². The number of nitrogens with zero attached hydrogens (tertiary/aromatic N) is 1. The van der Waals surface area contributed by atoms with Gasteiger partial charge in [0, 0.05) is 11.2 Å². The molecule has 0 radical (unpaired) electrons. The third kappa shape index (κ3) is 3.83. The van der Waals surface area contributed by atoms with E-state index in [1.54, 1.807) is 41.1 Å². The van der Waals surface area contributed by atoms with Gasteiger partial charge < -0.3 is 9.30 Å². The smallest absolute Gasteiger partial charge is 0.335 e. The van der Waals surface area contributed by atoms with Gasteiger partial charge in [-0.3, -0.25) is 4.79 Å². The number of halogens is 1. The predicted octanol–water partition coefficient (Wildman–Crippen LogP) is 3.21. The fourth-order valence-corrected chi connectivity index (χ4v) is 2.05. The van der Waals surface area contributed by atoms with Crippen molar-refractivity contribution in [1.82, 2.24) is 4.57 Å². The van der Waals surface area contributed by atoms with E-state index in [1.165, 1.54) is 7.11 Å². The third-order valence-electron chi connectivity index (χ3n) is 2.98.